The lowest BCUT2D eigenvalue weighted by Crippen LogP contribution is -2.41. The molecule has 0 aliphatic carbocycles. The van der Waals surface area contributed by atoms with Crippen molar-refractivity contribution in [2.75, 3.05) is 26.3 Å². The van der Waals surface area contributed by atoms with Crippen LogP contribution < -0.4 is 5.32 Å². The fourth-order valence-corrected chi connectivity index (χ4v) is 4.19. The lowest BCUT2D eigenvalue weighted by Gasteiger charge is -2.27. The van der Waals surface area contributed by atoms with Gasteiger partial charge in [0.25, 0.3) is 0 Å². The maximum atomic E-state index is 12.8. The molecule has 0 atom stereocenters. The van der Waals surface area contributed by atoms with Crippen LogP contribution in [0.5, 0.6) is 0 Å². The Morgan fingerprint density at radius 2 is 1.83 bits per heavy atom. The third-order valence-electron chi connectivity index (χ3n) is 3.76. The molecule has 6 nitrogen and oxygen atoms in total. The summed E-state index contributed by atoms with van der Waals surface area (Å²) in [6.45, 7) is 2.70. The Balaban J connectivity index is 1.74. The molecular formula is C16H20N2O4S. The summed E-state index contributed by atoms with van der Waals surface area (Å²) in [7, 11) is -3.49. The van der Waals surface area contributed by atoms with E-state index in [4.69, 9.17) is 9.15 Å². The smallest absolute Gasteiger partial charge is 0.243 e. The van der Waals surface area contributed by atoms with E-state index in [2.05, 4.69) is 5.32 Å². The van der Waals surface area contributed by atoms with E-state index >= 15 is 0 Å². The fourth-order valence-electron chi connectivity index (χ4n) is 2.56. The molecule has 2 heterocycles. The molecule has 1 aliphatic rings. The van der Waals surface area contributed by atoms with Crippen LogP contribution in [0.2, 0.25) is 0 Å². The molecule has 0 saturated carbocycles. The third-order valence-corrected chi connectivity index (χ3v) is 5.75. The Labute approximate surface area is 136 Å². The molecule has 1 aromatic carbocycles. The topological polar surface area (TPSA) is 71.8 Å². The van der Waals surface area contributed by atoms with E-state index in [0.29, 0.717) is 44.3 Å². The number of nitrogens with zero attached hydrogens (tertiary/aromatic N) is 1. The lowest BCUT2D eigenvalue weighted by atomic mass is 10.2. The number of sulfonamides is 1. The summed E-state index contributed by atoms with van der Waals surface area (Å²) < 4.78 is 37.6. The summed E-state index contributed by atoms with van der Waals surface area (Å²) in [6, 6.07) is 10.8. The molecule has 0 radical (unpaired) electrons. The molecule has 7 heteroatoms. The van der Waals surface area contributed by atoms with Crippen molar-refractivity contribution in [2.45, 2.75) is 18.0 Å². The van der Waals surface area contributed by atoms with Crippen LogP contribution in [-0.4, -0.2) is 39.0 Å². The van der Waals surface area contributed by atoms with Gasteiger partial charge in [-0.25, -0.2) is 8.42 Å². The summed E-state index contributed by atoms with van der Waals surface area (Å²) in [6.07, 6.45) is 1.62. The first-order valence-corrected chi connectivity index (χ1v) is 9.01. The minimum absolute atomic E-state index is 0.355. The van der Waals surface area contributed by atoms with E-state index in [1.807, 2.05) is 24.3 Å². The maximum absolute atomic E-state index is 12.8. The molecule has 1 saturated heterocycles. The van der Waals surface area contributed by atoms with Gasteiger partial charge in [0.1, 0.15) is 5.76 Å². The number of benzene rings is 1. The van der Waals surface area contributed by atoms with Gasteiger partial charge in [-0.1, -0.05) is 18.2 Å². The zero-order chi connectivity index (χ0) is 16.1. The van der Waals surface area contributed by atoms with Crippen LogP contribution in [0.3, 0.4) is 0 Å². The van der Waals surface area contributed by atoms with Crippen LogP contribution in [0.25, 0.3) is 0 Å². The highest BCUT2D eigenvalue weighted by molar-refractivity contribution is 7.89. The second-order valence-corrected chi connectivity index (χ2v) is 7.21. The van der Waals surface area contributed by atoms with E-state index < -0.39 is 10.0 Å². The first-order valence-electron chi connectivity index (χ1n) is 7.57. The van der Waals surface area contributed by atoms with Gasteiger partial charge in [0.15, 0.2) is 0 Å². The number of morpholine rings is 1. The molecule has 0 amide bonds. The Morgan fingerprint density at radius 1 is 1.04 bits per heavy atom. The summed E-state index contributed by atoms with van der Waals surface area (Å²) >= 11 is 0. The standard InChI is InChI=1S/C16H20N2O4S/c19-23(20,18-7-10-21-11-8-18)16-6-2-1-4-14(16)12-17-13-15-5-3-9-22-15/h1-6,9,17H,7-8,10-13H2. The van der Waals surface area contributed by atoms with Crippen molar-refractivity contribution in [2.24, 2.45) is 0 Å². The first-order chi connectivity index (χ1) is 11.2. The monoisotopic (exact) mass is 336 g/mol. The van der Waals surface area contributed by atoms with Gasteiger partial charge in [0, 0.05) is 19.6 Å². The highest BCUT2D eigenvalue weighted by Gasteiger charge is 2.28. The largest absolute Gasteiger partial charge is 0.468 e. The van der Waals surface area contributed by atoms with Gasteiger partial charge in [-0.15, -0.1) is 0 Å². The predicted octanol–water partition coefficient (Wildman–Crippen LogP) is 1.59. The summed E-state index contributed by atoms with van der Waals surface area (Å²) in [5, 5.41) is 3.22. The van der Waals surface area contributed by atoms with Gasteiger partial charge < -0.3 is 14.5 Å². The number of hydrogen-bond acceptors (Lipinski definition) is 5. The Morgan fingerprint density at radius 3 is 2.57 bits per heavy atom. The van der Waals surface area contributed by atoms with Crippen LogP contribution >= 0.6 is 0 Å². The first kappa shape index (κ1) is 16.2. The van der Waals surface area contributed by atoms with Gasteiger partial charge >= 0.3 is 0 Å². The summed E-state index contributed by atoms with van der Waals surface area (Å²) in [5.74, 6) is 0.818. The SMILES string of the molecule is O=S(=O)(c1ccccc1CNCc1ccco1)N1CCOCC1. The second kappa shape index (κ2) is 7.27. The van der Waals surface area contributed by atoms with Crippen LogP contribution in [0, 0.1) is 0 Å². The molecular weight excluding hydrogens is 316 g/mol. The van der Waals surface area contributed by atoms with Crippen LogP contribution in [0.1, 0.15) is 11.3 Å². The molecule has 1 fully saturated rings. The molecule has 0 bridgehead atoms. The van der Waals surface area contributed by atoms with Crippen LogP contribution in [0.15, 0.2) is 52.0 Å². The molecule has 3 rings (SSSR count). The molecule has 2 aromatic rings. The van der Waals surface area contributed by atoms with Crippen molar-refractivity contribution in [3.8, 4) is 0 Å². The van der Waals surface area contributed by atoms with Crippen molar-refractivity contribution >= 4 is 10.0 Å². The Bertz CT molecular complexity index is 722. The fraction of sp³-hybridized carbons (Fsp3) is 0.375. The van der Waals surface area contributed by atoms with Gasteiger partial charge in [0.2, 0.25) is 10.0 Å². The third kappa shape index (κ3) is 3.81. The molecule has 124 valence electrons. The van der Waals surface area contributed by atoms with E-state index in [-0.39, 0.29) is 0 Å². The van der Waals surface area contributed by atoms with Crippen LogP contribution in [-0.2, 0) is 27.8 Å². The molecule has 23 heavy (non-hydrogen) atoms. The summed E-state index contributed by atoms with van der Waals surface area (Å²) in [4.78, 5) is 0.355. The van der Waals surface area contributed by atoms with Crippen molar-refractivity contribution in [3.05, 3.63) is 54.0 Å². The predicted molar refractivity (Wildman–Crippen MR) is 85.3 cm³/mol. The highest BCUT2D eigenvalue weighted by atomic mass is 32.2. The number of rotatable bonds is 6. The molecule has 0 unspecified atom stereocenters. The molecule has 1 aliphatic heterocycles. The van der Waals surface area contributed by atoms with Gasteiger partial charge in [-0.3, -0.25) is 0 Å². The van der Waals surface area contributed by atoms with Gasteiger partial charge in [-0.05, 0) is 23.8 Å². The number of hydrogen-bond donors (Lipinski definition) is 1. The molecule has 1 aromatic heterocycles. The number of furan rings is 1. The maximum Gasteiger partial charge on any atom is 0.243 e. The molecule has 0 spiro atoms. The number of nitrogens with one attached hydrogen (secondary N) is 1. The normalized spacial score (nSPS) is 16.5. The highest BCUT2D eigenvalue weighted by Crippen LogP contribution is 2.21. The van der Waals surface area contributed by atoms with Gasteiger partial charge in [0.05, 0.1) is 30.9 Å². The Kier molecular flexibility index (Phi) is 5.12. The van der Waals surface area contributed by atoms with Crippen molar-refractivity contribution in [1.82, 2.24) is 9.62 Å². The van der Waals surface area contributed by atoms with Crippen molar-refractivity contribution in [3.63, 3.8) is 0 Å². The van der Waals surface area contributed by atoms with Crippen LogP contribution in [0.4, 0.5) is 0 Å². The average Bonchev–Trinajstić information content (AvgIpc) is 3.09. The average molecular weight is 336 g/mol. The minimum Gasteiger partial charge on any atom is -0.468 e. The van der Waals surface area contributed by atoms with E-state index in [9.17, 15) is 8.42 Å². The van der Waals surface area contributed by atoms with Crippen molar-refractivity contribution in [1.29, 1.82) is 0 Å². The quantitative estimate of drug-likeness (QED) is 0.867. The number of ether oxygens (including phenoxy) is 1. The van der Waals surface area contributed by atoms with E-state index in [0.717, 1.165) is 11.3 Å². The zero-order valence-electron chi connectivity index (χ0n) is 12.8. The Hall–Kier alpha value is -1.67. The zero-order valence-corrected chi connectivity index (χ0v) is 13.6. The second-order valence-electron chi connectivity index (χ2n) is 5.31. The van der Waals surface area contributed by atoms with E-state index in [1.54, 1.807) is 18.4 Å². The molecule has 1 N–H and O–H groups in total. The minimum atomic E-state index is -3.49. The van der Waals surface area contributed by atoms with Gasteiger partial charge in [-0.2, -0.15) is 4.31 Å². The lowest BCUT2D eigenvalue weighted by molar-refractivity contribution is 0.0730. The van der Waals surface area contributed by atoms with E-state index in [1.165, 1.54) is 4.31 Å². The van der Waals surface area contributed by atoms with Crippen molar-refractivity contribution < 1.29 is 17.6 Å². The summed E-state index contributed by atoms with van der Waals surface area (Å²) in [5.41, 5.74) is 0.755.